The van der Waals surface area contributed by atoms with Gasteiger partial charge in [-0.25, -0.2) is 13.6 Å². The molecule has 1 unspecified atom stereocenters. The number of sulfonamides is 1. The number of nitrogens with one attached hydrogen (secondary N) is 1. The maximum atomic E-state index is 11.8. The first kappa shape index (κ1) is 19.2. The maximum Gasteiger partial charge on any atom is 0.270 e. The van der Waals surface area contributed by atoms with Crippen LogP contribution < -0.4 is 10.5 Å². The highest BCUT2D eigenvalue weighted by atomic mass is 35.5. The monoisotopic (exact) mass is 383 g/mol. The molecule has 0 aliphatic rings. The van der Waals surface area contributed by atoms with E-state index in [0.29, 0.717) is 11.6 Å². The Morgan fingerprint density at radius 2 is 1.88 bits per heavy atom. The van der Waals surface area contributed by atoms with E-state index in [1.54, 1.807) is 12.1 Å². The number of non-ortho nitro benzene ring substituents is 1. The van der Waals surface area contributed by atoms with E-state index in [1.807, 2.05) is 19.1 Å². The maximum absolute atomic E-state index is 11.8. The third kappa shape index (κ3) is 4.91. The zero-order valence-corrected chi connectivity index (χ0v) is 15.0. The summed E-state index contributed by atoms with van der Waals surface area (Å²) < 4.78 is 23.5. The Hall–Kier alpha value is -2.16. The van der Waals surface area contributed by atoms with Crippen molar-refractivity contribution in [2.45, 2.75) is 24.2 Å². The molecule has 0 aromatic heterocycles. The number of nitro benzene ring substituents is 1. The Morgan fingerprint density at radius 1 is 1.24 bits per heavy atom. The lowest BCUT2D eigenvalue weighted by Gasteiger charge is -2.18. The molecule has 0 radical (unpaired) electrons. The Kier molecular flexibility index (Phi) is 5.99. The summed E-state index contributed by atoms with van der Waals surface area (Å²) in [5, 5.41) is 19.7. The predicted octanol–water partition coefficient (Wildman–Crippen LogP) is 3.50. The van der Waals surface area contributed by atoms with Crippen molar-refractivity contribution < 1.29 is 13.3 Å². The molecule has 3 N–H and O–H groups in total. The van der Waals surface area contributed by atoms with E-state index in [4.69, 9.17) is 16.7 Å². The van der Waals surface area contributed by atoms with E-state index in [0.717, 1.165) is 18.1 Å². The van der Waals surface area contributed by atoms with Crippen LogP contribution in [0.4, 0.5) is 11.4 Å². The number of primary sulfonamides is 1. The molecule has 0 saturated heterocycles. The Bertz CT molecular complexity index is 869. The van der Waals surface area contributed by atoms with Gasteiger partial charge in [0.05, 0.1) is 10.6 Å². The molecule has 25 heavy (non-hydrogen) atoms. The van der Waals surface area contributed by atoms with Crippen molar-refractivity contribution in [3.05, 3.63) is 63.2 Å². The summed E-state index contributed by atoms with van der Waals surface area (Å²) in [6.07, 6.45) is 0.812. The summed E-state index contributed by atoms with van der Waals surface area (Å²) in [5.74, 6) is 0.112. The highest BCUT2D eigenvalue weighted by molar-refractivity contribution is 7.89. The van der Waals surface area contributed by atoms with Gasteiger partial charge in [-0.3, -0.25) is 10.1 Å². The molecular weight excluding hydrogens is 366 g/mol. The first-order valence-electron chi connectivity index (χ1n) is 7.53. The van der Waals surface area contributed by atoms with Crippen LogP contribution in [-0.2, 0) is 10.0 Å². The van der Waals surface area contributed by atoms with Gasteiger partial charge in [0.2, 0.25) is 10.0 Å². The number of rotatable bonds is 7. The fourth-order valence-electron chi connectivity index (χ4n) is 2.47. The molecule has 134 valence electrons. The van der Waals surface area contributed by atoms with E-state index in [2.05, 4.69) is 5.32 Å². The van der Waals surface area contributed by atoms with Crippen molar-refractivity contribution in [2.75, 3.05) is 11.9 Å². The molecule has 1 atom stereocenters. The van der Waals surface area contributed by atoms with Crippen LogP contribution in [0, 0.1) is 10.1 Å². The van der Waals surface area contributed by atoms with Crippen molar-refractivity contribution in [3.8, 4) is 0 Å². The van der Waals surface area contributed by atoms with E-state index < -0.39 is 14.9 Å². The quantitative estimate of drug-likeness (QED) is 0.560. The fraction of sp³-hybridized carbons (Fsp3) is 0.250. The second kappa shape index (κ2) is 7.81. The average molecular weight is 384 g/mol. The number of anilines is 1. The first-order valence-corrected chi connectivity index (χ1v) is 9.45. The molecule has 2 aromatic rings. The summed E-state index contributed by atoms with van der Waals surface area (Å²) in [6.45, 7) is 2.45. The van der Waals surface area contributed by atoms with Crippen molar-refractivity contribution in [2.24, 2.45) is 5.14 Å². The van der Waals surface area contributed by atoms with Gasteiger partial charge in [0.1, 0.15) is 4.90 Å². The highest BCUT2D eigenvalue weighted by Crippen LogP contribution is 2.27. The van der Waals surface area contributed by atoms with Crippen molar-refractivity contribution in [1.29, 1.82) is 0 Å². The third-order valence-electron chi connectivity index (χ3n) is 3.86. The summed E-state index contributed by atoms with van der Waals surface area (Å²) in [4.78, 5) is 9.89. The third-order valence-corrected chi connectivity index (χ3v) is 5.06. The molecule has 0 aliphatic carbocycles. The van der Waals surface area contributed by atoms with E-state index in [1.165, 1.54) is 12.1 Å². The Balaban J connectivity index is 2.27. The van der Waals surface area contributed by atoms with Gasteiger partial charge in [-0.05, 0) is 30.2 Å². The van der Waals surface area contributed by atoms with E-state index >= 15 is 0 Å². The SMILES string of the molecule is CCC(CNc1ccc([N+](=O)[O-])cc1S(N)(=O)=O)c1ccc(Cl)cc1. The van der Waals surface area contributed by atoms with Crippen LogP contribution in [0.2, 0.25) is 5.02 Å². The summed E-state index contributed by atoms with van der Waals surface area (Å²) in [7, 11) is -4.10. The van der Waals surface area contributed by atoms with Crippen molar-refractivity contribution >= 4 is 33.0 Å². The Morgan fingerprint density at radius 3 is 2.40 bits per heavy atom. The van der Waals surface area contributed by atoms with Gasteiger partial charge in [0, 0.05) is 29.6 Å². The fourth-order valence-corrected chi connectivity index (χ4v) is 3.33. The van der Waals surface area contributed by atoms with E-state index in [9.17, 15) is 18.5 Å². The van der Waals surface area contributed by atoms with Gasteiger partial charge in [0.15, 0.2) is 0 Å². The van der Waals surface area contributed by atoms with Crippen molar-refractivity contribution in [3.63, 3.8) is 0 Å². The highest BCUT2D eigenvalue weighted by Gasteiger charge is 2.20. The lowest BCUT2D eigenvalue weighted by atomic mass is 9.96. The number of nitro groups is 1. The number of benzene rings is 2. The Labute approximate surface area is 151 Å². The van der Waals surface area contributed by atoms with Crippen LogP contribution >= 0.6 is 11.6 Å². The molecule has 0 saturated carbocycles. The van der Waals surface area contributed by atoms with Crippen LogP contribution in [0.1, 0.15) is 24.8 Å². The number of hydrogen-bond donors (Lipinski definition) is 2. The molecular formula is C16H18ClN3O4S. The minimum absolute atomic E-state index is 0.112. The minimum atomic E-state index is -4.10. The van der Waals surface area contributed by atoms with Gasteiger partial charge >= 0.3 is 0 Å². The minimum Gasteiger partial charge on any atom is -0.383 e. The summed E-state index contributed by atoms with van der Waals surface area (Å²) in [6, 6.07) is 11.0. The van der Waals surface area contributed by atoms with Crippen LogP contribution in [0.25, 0.3) is 0 Å². The van der Waals surface area contributed by atoms with Crippen LogP contribution in [-0.4, -0.2) is 19.9 Å². The first-order chi connectivity index (χ1) is 11.7. The lowest BCUT2D eigenvalue weighted by molar-refractivity contribution is -0.385. The van der Waals surface area contributed by atoms with E-state index in [-0.39, 0.29) is 22.2 Å². The molecule has 0 amide bonds. The van der Waals surface area contributed by atoms with Crippen LogP contribution in [0.3, 0.4) is 0 Å². The molecule has 7 nitrogen and oxygen atoms in total. The molecule has 2 rings (SSSR count). The predicted molar refractivity (Wildman–Crippen MR) is 97.4 cm³/mol. The normalized spacial score (nSPS) is 12.6. The summed E-state index contributed by atoms with van der Waals surface area (Å²) >= 11 is 5.89. The van der Waals surface area contributed by atoms with Crippen LogP contribution in [0.15, 0.2) is 47.4 Å². The number of nitrogens with two attached hydrogens (primary N) is 1. The zero-order valence-electron chi connectivity index (χ0n) is 13.5. The number of hydrogen-bond acceptors (Lipinski definition) is 5. The van der Waals surface area contributed by atoms with Gasteiger partial charge in [-0.1, -0.05) is 30.7 Å². The smallest absolute Gasteiger partial charge is 0.270 e. The molecule has 0 heterocycles. The topological polar surface area (TPSA) is 115 Å². The number of halogens is 1. The lowest BCUT2D eigenvalue weighted by Crippen LogP contribution is -2.18. The van der Waals surface area contributed by atoms with Crippen molar-refractivity contribution in [1.82, 2.24) is 0 Å². The second-order valence-electron chi connectivity index (χ2n) is 5.52. The van der Waals surface area contributed by atoms with Gasteiger partial charge in [-0.15, -0.1) is 0 Å². The van der Waals surface area contributed by atoms with Gasteiger partial charge < -0.3 is 5.32 Å². The average Bonchev–Trinajstić information content (AvgIpc) is 2.56. The molecule has 0 bridgehead atoms. The molecule has 0 aliphatic heterocycles. The zero-order chi connectivity index (χ0) is 18.6. The largest absolute Gasteiger partial charge is 0.383 e. The van der Waals surface area contributed by atoms with Gasteiger partial charge in [0.25, 0.3) is 5.69 Å². The standard InChI is InChI=1S/C16H18ClN3O4S/c1-2-11(12-3-5-13(17)6-4-12)10-19-15-8-7-14(20(21)22)9-16(15)25(18,23)24/h3-9,11,19H,2,10H2,1H3,(H2,18,23,24). The molecule has 9 heteroatoms. The molecule has 2 aromatic carbocycles. The summed E-state index contributed by atoms with van der Waals surface area (Å²) in [5.41, 5.74) is 0.957. The molecule has 0 spiro atoms. The number of nitrogens with zero attached hydrogens (tertiary/aromatic N) is 1. The van der Waals surface area contributed by atoms with Crippen LogP contribution in [0.5, 0.6) is 0 Å². The molecule has 0 fully saturated rings. The van der Waals surface area contributed by atoms with Gasteiger partial charge in [-0.2, -0.15) is 0 Å². The second-order valence-corrected chi connectivity index (χ2v) is 7.49.